The predicted molar refractivity (Wildman–Crippen MR) is 83.3 cm³/mol. The van der Waals surface area contributed by atoms with Crippen molar-refractivity contribution in [3.63, 3.8) is 0 Å². The third kappa shape index (κ3) is 3.04. The lowest BCUT2D eigenvalue weighted by atomic mass is 10.2. The fourth-order valence-electron chi connectivity index (χ4n) is 2.20. The van der Waals surface area contributed by atoms with Crippen LogP contribution >= 0.6 is 0 Å². The van der Waals surface area contributed by atoms with Gasteiger partial charge >= 0.3 is 0 Å². The van der Waals surface area contributed by atoms with Crippen molar-refractivity contribution in [3.8, 4) is 0 Å². The maximum Gasteiger partial charge on any atom is 0.151 e. The number of nitrogens with zero attached hydrogens (tertiary/aromatic N) is 3. The Morgan fingerprint density at radius 1 is 1.25 bits per heavy atom. The molecule has 2 rings (SSSR count). The summed E-state index contributed by atoms with van der Waals surface area (Å²) in [5, 5.41) is 7.39. The van der Waals surface area contributed by atoms with Crippen LogP contribution in [0.2, 0.25) is 0 Å². The van der Waals surface area contributed by atoms with E-state index in [4.69, 9.17) is 16.1 Å². The molecule has 1 aromatic heterocycles. The molecule has 106 valence electrons. The van der Waals surface area contributed by atoms with Gasteiger partial charge in [0.1, 0.15) is 0 Å². The zero-order chi connectivity index (χ0) is 14.7. The molecule has 0 amide bonds. The topological polar surface area (TPSA) is 78.9 Å². The van der Waals surface area contributed by atoms with Crippen molar-refractivity contribution in [3.05, 3.63) is 30.0 Å². The van der Waals surface area contributed by atoms with Crippen molar-refractivity contribution in [1.82, 2.24) is 9.97 Å². The summed E-state index contributed by atoms with van der Waals surface area (Å²) < 4.78 is 0. The maximum absolute atomic E-state index is 7.39. The van der Waals surface area contributed by atoms with Gasteiger partial charge in [-0.2, -0.15) is 0 Å². The van der Waals surface area contributed by atoms with Crippen molar-refractivity contribution < 1.29 is 0 Å². The van der Waals surface area contributed by atoms with Crippen LogP contribution in [0.5, 0.6) is 0 Å². The summed E-state index contributed by atoms with van der Waals surface area (Å²) in [6, 6.07) is 8.14. The Morgan fingerprint density at radius 2 is 1.85 bits per heavy atom. The number of para-hydroxylation sites is 2. The van der Waals surface area contributed by atoms with Crippen molar-refractivity contribution >= 4 is 22.7 Å². The molecule has 5 heteroatoms. The number of nitrogens with two attached hydrogens (primary N) is 1. The molecule has 0 saturated heterocycles. The average molecular weight is 271 g/mol. The number of amidine groups is 1. The van der Waals surface area contributed by atoms with Gasteiger partial charge < -0.3 is 10.6 Å². The van der Waals surface area contributed by atoms with Crippen molar-refractivity contribution in [1.29, 1.82) is 5.41 Å². The van der Waals surface area contributed by atoms with Crippen LogP contribution in [0.25, 0.3) is 11.0 Å². The zero-order valence-electron chi connectivity index (χ0n) is 12.2. The van der Waals surface area contributed by atoms with E-state index in [1.165, 1.54) is 0 Å². The molecule has 0 bridgehead atoms. The summed E-state index contributed by atoms with van der Waals surface area (Å²) in [5.41, 5.74) is 8.17. The van der Waals surface area contributed by atoms with Gasteiger partial charge in [0, 0.05) is 19.0 Å². The number of benzene rings is 1. The Balaban J connectivity index is 2.41. The number of hydrogen-bond acceptors (Lipinski definition) is 4. The van der Waals surface area contributed by atoms with Crippen LogP contribution in [-0.2, 0) is 0 Å². The summed E-state index contributed by atoms with van der Waals surface area (Å²) in [6.45, 7) is 6.87. The highest BCUT2D eigenvalue weighted by atomic mass is 15.2. The summed E-state index contributed by atoms with van der Waals surface area (Å²) in [4.78, 5) is 11.5. The molecule has 0 aliphatic carbocycles. The van der Waals surface area contributed by atoms with Gasteiger partial charge in [-0.1, -0.05) is 12.1 Å². The quantitative estimate of drug-likeness (QED) is 0.647. The number of rotatable bonds is 5. The molecule has 3 N–H and O–H groups in total. The van der Waals surface area contributed by atoms with Gasteiger partial charge in [-0.3, -0.25) is 5.41 Å². The van der Waals surface area contributed by atoms with Gasteiger partial charge in [0.25, 0.3) is 0 Å². The third-order valence-corrected chi connectivity index (χ3v) is 3.24. The third-order valence-electron chi connectivity index (χ3n) is 3.24. The highest BCUT2D eigenvalue weighted by Crippen LogP contribution is 2.21. The number of aryl methyl sites for hydroxylation is 1. The lowest BCUT2D eigenvalue weighted by Gasteiger charge is -2.28. The van der Waals surface area contributed by atoms with Gasteiger partial charge in [0.15, 0.2) is 5.82 Å². The molecule has 1 aromatic carbocycles. The van der Waals surface area contributed by atoms with E-state index in [0.29, 0.717) is 13.0 Å². The van der Waals surface area contributed by atoms with Gasteiger partial charge in [0.2, 0.25) is 0 Å². The summed E-state index contributed by atoms with van der Waals surface area (Å²) in [7, 11) is 0. The molecule has 0 spiro atoms. The Morgan fingerprint density at radius 3 is 2.40 bits per heavy atom. The normalized spacial score (nSPS) is 11.0. The van der Waals surface area contributed by atoms with Gasteiger partial charge in [-0.05, 0) is 32.9 Å². The molecule has 0 fully saturated rings. The molecule has 5 nitrogen and oxygen atoms in total. The van der Waals surface area contributed by atoms with Crippen LogP contribution in [0, 0.1) is 12.3 Å². The Hall–Kier alpha value is -2.17. The summed E-state index contributed by atoms with van der Waals surface area (Å²) in [5.74, 6) is 1.07. The lowest BCUT2D eigenvalue weighted by Crippen LogP contribution is -2.35. The Kier molecular flexibility index (Phi) is 4.17. The fourth-order valence-corrected chi connectivity index (χ4v) is 2.20. The molecule has 20 heavy (non-hydrogen) atoms. The number of hydrogen-bond donors (Lipinski definition) is 2. The van der Waals surface area contributed by atoms with Crippen molar-refractivity contribution in [2.75, 3.05) is 11.4 Å². The minimum atomic E-state index is 0.196. The fraction of sp³-hybridized carbons (Fsp3) is 0.400. The highest BCUT2D eigenvalue weighted by molar-refractivity contribution is 5.78. The first-order chi connectivity index (χ1) is 9.49. The number of fused-ring (bicyclic) bond motifs is 1. The maximum atomic E-state index is 7.39. The first kappa shape index (κ1) is 14.2. The number of aromatic nitrogens is 2. The van der Waals surface area contributed by atoms with Crippen LogP contribution in [0.4, 0.5) is 5.82 Å². The van der Waals surface area contributed by atoms with E-state index in [0.717, 1.165) is 22.5 Å². The van der Waals surface area contributed by atoms with E-state index in [1.54, 1.807) is 0 Å². The second kappa shape index (κ2) is 5.86. The van der Waals surface area contributed by atoms with E-state index >= 15 is 0 Å². The van der Waals surface area contributed by atoms with Crippen molar-refractivity contribution in [2.24, 2.45) is 5.73 Å². The van der Waals surface area contributed by atoms with Gasteiger partial charge in [0.05, 0.1) is 22.6 Å². The van der Waals surface area contributed by atoms with E-state index in [9.17, 15) is 0 Å². The van der Waals surface area contributed by atoms with Crippen molar-refractivity contribution in [2.45, 2.75) is 33.2 Å². The molecule has 0 radical (unpaired) electrons. The minimum Gasteiger partial charge on any atom is -0.388 e. The standard InChI is InChI=1S/C15H21N5/c1-10(2)20(9-8-14(16)17)15-11(3)18-12-6-4-5-7-13(12)19-15/h4-7,10H,8-9H2,1-3H3,(H3,16,17). The second-order valence-electron chi connectivity index (χ2n) is 5.18. The van der Waals surface area contributed by atoms with E-state index < -0.39 is 0 Å². The van der Waals surface area contributed by atoms with Crippen LogP contribution < -0.4 is 10.6 Å². The number of nitrogens with one attached hydrogen (secondary N) is 1. The van der Waals surface area contributed by atoms with Crippen LogP contribution in [0.15, 0.2) is 24.3 Å². The van der Waals surface area contributed by atoms with Gasteiger partial charge in [-0.25, -0.2) is 9.97 Å². The van der Waals surface area contributed by atoms with Gasteiger partial charge in [-0.15, -0.1) is 0 Å². The molecule has 0 atom stereocenters. The SMILES string of the molecule is Cc1nc2ccccc2nc1N(CCC(=N)N)C(C)C. The first-order valence-electron chi connectivity index (χ1n) is 6.82. The van der Waals surface area contributed by atoms with E-state index in [-0.39, 0.29) is 11.9 Å². The predicted octanol–water partition coefficient (Wildman–Crippen LogP) is 2.48. The monoisotopic (exact) mass is 271 g/mol. The van der Waals surface area contributed by atoms with Crippen LogP contribution in [-0.4, -0.2) is 28.4 Å². The first-order valence-corrected chi connectivity index (χ1v) is 6.82. The molecular weight excluding hydrogens is 250 g/mol. The minimum absolute atomic E-state index is 0.196. The lowest BCUT2D eigenvalue weighted by molar-refractivity contribution is 0.676. The smallest absolute Gasteiger partial charge is 0.151 e. The van der Waals surface area contributed by atoms with E-state index in [1.807, 2.05) is 31.2 Å². The molecular formula is C15H21N5. The molecule has 0 aliphatic heterocycles. The molecule has 0 unspecified atom stereocenters. The second-order valence-corrected chi connectivity index (χ2v) is 5.18. The Bertz CT molecular complexity index is 621. The number of anilines is 1. The molecule has 1 heterocycles. The zero-order valence-corrected chi connectivity index (χ0v) is 12.2. The average Bonchev–Trinajstić information content (AvgIpc) is 2.38. The molecule has 2 aromatic rings. The largest absolute Gasteiger partial charge is 0.388 e. The summed E-state index contributed by atoms with van der Waals surface area (Å²) in [6.07, 6.45) is 0.534. The summed E-state index contributed by atoms with van der Waals surface area (Å²) >= 11 is 0. The van der Waals surface area contributed by atoms with Crippen LogP contribution in [0.3, 0.4) is 0 Å². The molecule has 0 aliphatic rings. The van der Waals surface area contributed by atoms with Crippen LogP contribution in [0.1, 0.15) is 26.0 Å². The highest BCUT2D eigenvalue weighted by Gasteiger charge is 2.16. The Labute approximate surface area is 119 Å². The molecule has 0 saturated carbocycles. The van der Waals surface area contributed by atoms with E-state index in [2.05, 4.69) is 23.7 Å².